The Kier molecular flexibility index (Phi) is 2.15. The van der Waals surface area contributed by atoms with Crippen molar-refractivity contribution in [3.8, 4) is 0 Å². The summed E-state index contributed by atoms with van der Waals surface area (Å²) in [6.45, 7) is 0. The monoisotopic (exact) mass is 204 g/mol. The predicted octanol–water partition coefficient (Wildman–Crippen LogP) is 2.60. The number of carbonyl (C=O) groups is 1. The second kappa shape index (κ2) is 3.51. The first kappa shape index (κ1) is 9.20. The van der Waals surface area contributed by atoms with Gasteiger partial charge in [-0.3, -0.25) is 4.79 Å². The normalized spacial score (nSPS) is 38.8. The van der Waals surface area contributed by atoms with Gasteiger partial charge in [-0.15, -0.1) is 0 Å². The molecular formula is C13H16O2. The lowest BCUT2D eigenvalue weighted by Gasteiger charge is -2.41. The zero-order valence-electron chi connectivity index (χ0n) is 8.82. The number of carbonyl (C=O) groups excluding carboxylic acids is 1. The lowest BCUT2D eigenvalue weighted by Crippen LogP contribution is -2.38. The Morgan fingerprint density at radius 2 is 2.07 bits per heavy atom. The van der Waals surface area contributed by atoms with E-state index in [1.807, 2.05) is 12.3 Å². The summed E-state index contributed by atoms with van der Waals surface area (Å²) in [4.78, 5) is 11.4. The lowest BCUT2D eigenvalue weighted by atomic mass is 9.70. The van der Waals surface area contributed by atoms with Gasteiger partial charge in [0.1, 0.15) is 6.10 Å². The number of ketones is 1. The third-order valence-corrected chi connectivity index (χ3v) is 3.96. The summed E-state index contributed by atoms with van der Waals surface area (Å²) >= 11 is 0. The van der Waals surface area contributed by atoms with E-state index in [0.29, 0.717) is 24.4 Å². The molecule has 0 bridgehead atoms. The summed E-state index contributed by atoms with van der Waals surface area (Å²) in [5, 5.41) is 0. The number of allylic oxidation sites excluding steroid dienone is 3. The summed E-state index contributed by atoms with van der Waals surface area (Å²) in [5.41, 5.74) is 1.23. The van der Waals surface area contributed by atoms with Gasteiger partial charge in [-0.25, -0.2) is 0 Å². The van der Waals surface area contributed by atoms with Crippen LogP contribution in [0.1, 0.15) is 32.1 Å². The summed E-state index contributed by atoms with van der Waals surface area (Å²) in [7, 11) is 0. The topological polar surface area (TPSA) is 26.3 Å². The summed E-state index contributed by atoms with van der Waals surface area (Å²) in [5.74, 6) is 1.32. The number of hydrogen-bond acceptors (Lipinski definition) is 2. The average Bonchev–Trinajstić information content (AvgIpc) is 2.29. The number of hydrogen-bond donors (Lipinski definition) is 0. The van der Waals surface area contributed by atoms with Gasteiger partial charge in [0.2, 0.25) is 0 Å². The molecule has 80 valence electrons. The highest BCUT2D eigenvalue weighted by molar-refractivity contribution is 5.92. The van der Waals surface area contributed by atoms with Crippen molar-refractivity contribution in [2.24, 2.45) is 11.8 Å². The summed E-state index contributed by atoms with van der Waals surface area (Å²) in [6, 6.07) is 0. The van der Waals surface area contributed by atoms with E-state index in [1.54, 1.807) is 6.08 Å². The molecule has 3 aliphatic rings. The van der Waals surface area contributed by atoms with Crippen LogP contribution < -0.4 is 0 Å². The van der Waals surface area contributed by atoms with Crippen molar-refractivity contribution < 1.29 is 9.53 Å². The predicted molar refractivity (Wildman–Crippen MR) is 57.2 cm³/mol. The van der Waals surface area contributed by atoms with Crippen molar-refractivity contribution in [3.63, 3.8) is 0 Å². The van der Waals surface area contributed by atoms with Crippen LogP contribution in [0, 0.1) is 11.8 Å². The van der Waals surface area contributed by atoms with Crippen molar-refractivity contribution in [1.29, 1.82) is 0 Å². The molecule has 0 aromatic rings. The third kappa shape index (κ3) is 1.52. The van der Waals surface area contributed by atoms with E-state index >= 15 is 0 Å². The van der Waals surface area contributed by atoms with Gasteiger partial charge in [0, 0.05) is 18.3 Å². The molecule has 1 fully saturated rings. The first-order valence-corrected chi connectivity index (χ1v) is 5.91. The highest BCUT2D eigenvalue weighted by Crippen LogP contribution is 2.42. The molecule has 0 spiro atoms. The van der Waals surface area contributed by atoms with Crippen LogP contribution in [0.4, 0.5) is 0 Å². The van der Waals surface area contributed by atoms with E-state index in [4.69, 9.17) is 4.74 Å². The van der Waals surface area contributed by atoms with Gasteiger partial charge in [0.05, 0.1) is 6.26 Å². The average molecular weight is 204 g/mol. The van der Waals surface area contributed by atoms with Crippen molar-refractivity contribution in [3.05, 3.63) is 24.0 Å². The van der Waals surface area contributed by atoms with Gasteiger partial charge in [0.25, 0.3) is 0 Å². The van der Waals surface area contributed by atoms with Crippen LogP contribution in [0.3, 0.4) is 0 Å². The molecule has 1 heterocycles. The molecule has 0 N–H and O–H groups in total. The Hall–Kier alpha value is -1.05. The SMILES string of the molecule is O=C1C=CC2=CO[C@H]3CCCC[C@H]3C2C1. The largest absolute Gasteiger partial charge is 0.497 e. The molecule has 2 aliphatic carbocycles. The molecule has 0 aromatic carbocycles. The minimum absolute atomic E-state index is 0.281. The fraction of sp³-hybridized carbons (Fsp3) is 0.615. The fourth-order valence-corrected chi connectivity index (χ4v) is 3.16. The smallest absolute Gasteiger partial charge is 0.156 e. The van der Waals surface area contributed by atoms with Crippen LogP contribution >= 0.6 is 0 Å². The first-order valence-electron chi connectivity index (χ1n) is 5.91. The molecule has 3 rings (SSSR count). The van der Waals surface area contributed by atoms with Gasteiger partial charge in [-0.1, -0.05) is 12.5 Å². The zero-order chi connectivity index (χ0) is 10.3. The Morgan fingerprint density at radius 1 is 1.20 bits per heavy atom. The number of ether oxygens (including phenoxy) is 1. The first-order chi connectivity index (χ1) is 7.34. The molecule has 15 heavy (non-hydrogen) atoms. The van der Waals surface area contributed by atoms with Crippen LogP contribution in [-0.2, 0) is 9.53 Å². The Bertz CT molecular complexity index is 340. The van der Waals surface area contributed by atoms with Crippen molar-refractivity contribution in [2.75, 3.05) is 0 Å². The molecule has 3 atom stereocenters. The maximum Gasteiger partial charge on any atom is 0.156 e. The van der Waals surface area contributed by atoms with Crippen molar-refractivity contribution >= 4 is 5.78 Å². The summed E-state index contributed by atoms with van der Waals surface area (Å²) < 4.78 is 5.76. The molecule has 0 amide bonds. The second-order valence-corrected chi connectivity index (χ2v) is 4.85. The minimum Gasteiger partial charge on any atom is -0.497 e. The highest BCUT2D eigenvalue weighted by atomic mass is 16.5. The number of fused-ring (bicyclic) bond motifs is 3. The third-order valence-electron chi connectivity index (χ3n) is 3.96. The summed E-state index contributed by atoms with van der Waals surface area (Å²) in [6.07, 6.45) is 11.6. The van der Waals surface area contributed by atoms with Crippen molar-refractivity contribution in [2.45, 2.75) is 38.2 Å². The van der Waals surface area contributed by atoms with E-state index in [2.05, 4.69) is 0 Å². The van der Waals surface area contributed by atoms with E-state index in [0.717, 1.165) is 0 Å². The van der Waals surface area contributed by atoms with Gasteiger partial charge < -0.3 is 4.74 Å². The molecule has 1 aliphatic heterocycles. The van der Waals surface area contributed by atoms with Gasteiger partial charge in [0.15, 0.2) is 5.78 Å². The van der Waals surface area contributed by atoms with E-state index in [-0.39, 0.29) is 5.78 Å². The molecule has 2 nitrogen and oxygen atoms in total. The van der Waals surface area contributed by atoms with Crippen LogP contribution in [0.2, 0.25) is 0 Å². The fourth-order valence-electron chi connectivity index (χ4n) is 3.16. The van der Waals surface area contributed by atoms with Gasteiger partial charge in [-0.2, -0.15) is 0 Å². The minimum atomic E-state index is 0.281. The molecule has 2 heteroatoms. The molecular weight excluding hydrogens is 188 g/mol. The van der Waals surface area contributed by atoms with E-state index in [9.17, 15) is 4.79 Å². The number of rotatable bonds is 0. The molecule has 1 saturated carbocycles. The molecule has 1 unspecified atom stereocenters. The molecule has 0 saturated heterocycles. The Balaban J connectivity index is 1.90. The standard InChI is InChI=1S/C13H16O2/c14-10-6-5-9-8-15-13-4-2-1-3-11(13)12(9)7-10/h5-6,8,11-13H,1-4,7H2/t11-,12?,13-/m0/s1. The van der Waals surface area contributed by atoms with Crippen LogP contribution in [0.5, 0.6) is 0 Å². The Labute approximate surface area is 90.0 Å². The van der Waals surface area contributed by atoms with Crippen molar-refractivity contribution in [1.82, 2.24) is 0 Å². The van der Waals surface area contributed by atoms with Gasteiger partial charge in [-0.05, 0) is 30.9 Å². The molecule has 0 aromatic heterocycles. The van der Waals surface area contributed by atoms with E-state index in [1.165, 1.54) is 31.3 Å². The second-order valence-electron chi connectivity index (χ2n) is 4.85. The lowest BCUT2D eigenvalue weighted by molar-refractivity contribution is -0.116. The maximum absolute atomic E-state index is 11.4. The Morgan fingerprint density at radius 3 is 3.00 bits per heavy atom. The van der Waals surface area contributed by atoms with Gasteiger partial charge >= 0.3 is 0 Å². The highest BCUT2D eigenvalue weighted by Gasteiger charge is 2.39. The maximum atomic E-state index is 11.4. The zero-order valence-corrected chi connectivity index (χ0v) is 8.82. The quantitative estimate of drug-likeness (QED) is 0.606. The van der Waals surface area contributed by atoms with Crippen LogP contribution in [-0.4, -0.2) is 11.9 Å². The van der Waals surface area contributed by atoms with E-state index < -0.39 is 0 Å². The molecule has 0 radical (unpaired) electrons. The van der Waals surface area contributed by atoms with Crippen LogP contribution in [0.15, 0.2) is 24.0 Å². The van der Waals surface area contributed by atoms with Crippen LogP contribution in [0.25, 0.3) is 0 Å².